The Morgan fingerprint density at radius 3 is 2.61 bits per heavy atom. The minimum atomic E-state index is -0.646. The van der Waals surface area contributed by atoms with Crippen LogP contribution in [0, 0.1) is 5.92 Å². The summed E-state index contributed by atoms with van der Waals surface area (Å²) in [6.45, 7) is 4.61. The van der Waals surface area contributed by atoms with Crippen LogP contribution in [0.25, 0.3) is 11.2 Å². The number of hydrogen-bond acceptors (Lipinski definition) is 8. The minimum absolute atomic E-state index is 0.161. The normalized spacial score (nSPS) is 15.4. The number of ether oxygens (including phenoxy) is 3. The second-order valence-electron chi connectivity index (χ2n) is 7.99. The van der Waals surface area contributed by atoms with Gasteiger partial charge in [0, 0.05) is 26.2 Å². The van der Waals surface area contributed by atoms with E-state index in [0.29, 0.717) is 30.5 Å². The lowest BCUT2D eigenvalue weighted by atomic mass is 10.1. The van der Waals surface area contributed by atoms with Crippen LogP contribution < -0.4 is 25.6 Å². The molecule has 0 N–H and O–H groups in total. The molecular weight excluding hydrogens is 430 g/mol. The van der Waals surface area contributed by atoms with E-state index in [9.17, 15) is 14.4 Å². The number of rotatable bonds is 6. The van der Waals surface area contributed by atoms with E-state index in [-0.39, 0.29) is 23.7 Å². The molecule has 0 bridgehead atoms. The summed E-state index contributed by atoms with van der Waals surface area (Å²) in [5.74, 6) is 1.28. The van der Waals surface area contributed by atoms with Crippen molar-refractivity contribution in [2.45, 2.75) is 26.9 Å². The average Bonchev–Trinajstić information content (AvgIpc) is 3.19. The summed E-state index contributed by atoms with van der Waals surface area (Å²) < 4.78 is 19.8. The molecule has 1 aliphatic rings. The molecule has 3 aromatic rings. The number of fused-ring (bicyclic) bond motifs is 3. The van der Waals surface area contributed by atoms with E-state index in [0.717, 1.165) is 10.3 Å². The number of hydrogen-bond donors (Lipinski definition) is 0. The van der Waals surface area contributed by atoms with Crippen molar-refractivity contribution in [2.24, 2.45) is 13.0 Å². The van der Waals surface area contributed by atoms with Gasteiger partial charge in [0.15, 0.2) is 11.2 Å². The molecule has 1 unspecified atom stereocenters. The Morgan fingerprint density at radius 1 is 1.18 bits per heavy atom. The van der Waals surface area contributed by atoms with Crippen LogP contribution in [0.1, 0.15) is 13.8 Å². The van der Waals surface area contributed by atoms with Crippen LogP contribution in [-0.4, -0.2) is 52.0 Å². The zero-order chi connectivity index (χ0) is 23.9. The molecule has 176 valence electrons. The van der Waals surface area contributed by atoms with Gasteiger partial charge in [-0.3, -0.25) is 14.2 Å². The number of benzene rings is 1. The minimum Gasteiger partial charge on any atom is -0.497 e. The summed E-state index contributed by atoms with van der Waals surface area (Å²) in [6, 6.07) is 5.48. The van der Waals surface area contributed by atoms with E-state index in [1.807, 2.05) is 17.0 Å². The number of carbonyl (C=O) groups is 1. The van der Waals surface area contributed by atoms with E-state index >= 15 is 0 Å². The van der Waals surface area contributed by atoms with Crippen molar-refractivity contribution >= 4 is 28.8 Å². The summed E-state index contributed by atoms with van der Waals surface area (Å²) in [5, 5.41) is 0. The molecule has 0 radical (unpaired) electrons. The van der Waals surface area contributed by atoms with E-state index in [1.165, 1.54) is 11.6 Å². The lowest BCUT2D eigenvalue weighted by molar-refractivity contribution is -0.143. The lowest BCUT2D eigenvalue weighted by Gasteiger charge is -2.33. The first kappa shape index (κ1) is 22.4. The molecule has 1 aromatic carbocycles. The molecule has 11 heteroatoms. The lowest BCUT2D eigenvalue weighted by Crippen LogP contribution is -2.42. The van der Waals surface area contributed by atoms with Gasteiger partial charge in [0.25, 0.3) is 5.56 Å². The third kappa shape index (κ3) is 3.73. The highest BCUT2D eigenvalue weighted by Crippen LogP contribution is 2.39. The first-order chi connectivity index (χ1) is 15.8. The largest absolute Gasteiger partial charge is 0.497 e. The highest BCUT2D eigenvalue weighted by molar-refractivity contribution is 5.79. The molecule has 33 heavy (non-hydrogen) atoms. The Hall–Kier alpha value is -3.76. The number of esters is 1. The number of aromatic nitrogens is 4. The molecule has 0 fully saturated rings. The second-order valence-corrected chi connectivity index (χ2v) is 7.99. The molecule has 1 atom stereocenters. The molecule has 0 spiro atoms. The fourth-order valence-electron chi connectivity index (χ4n) is 4.19. The summed E-state index contributed by atoms with van der Waals surface area (Å²) in [6.07, 6.45) is 0. The summed E-state index contributed by atoms with van der Waals surface area (Å²) in [4.78, 5) is 44.9. The zero-order valence-electron chi connectivity index (χ0n) is 19.3. The van der Waals surface area contributed by atoms with Crippen LogP contribution in [0.2, 0.25) is 0 Å². The molecule has 11 nitrogen and oxygen atoms in total. The molecule has 0 aliphatic carbocycles. The van der Waals surface area contributed by atoms with Crippen molar-refractivity contribution in [1.29, 1.82) is 0 Å². The first-order valence-electron chi connectivity index (χ1n) is 10.7. The molecule has 0 amide bonds. The van der Waals surface area contributed by atoms with Crippen LogP contribution in [0.15, 0.2) is 27.8 Å². The fraction of sp³-hybridized carbons (Fsp3) is 0.455. The van der Waals surface area contributed by atoms with Crippen LogP contribution >= 0.6 is 0 Å². The van der Waals surface area contributed by atoms with Gasteiger partial charge >= 0.3 is 11.7 Å². The highest BCUT2D eigenvalue weighted by atomic mass is 16.5. The number of imidazole rings is 1. The van der Waals surface area contributed by atoms with Crippen molar-refractivity contribution in [2.75, 3.05) is 32.3 Å². The van der Waals surface area contributed by atoms with E-state index in [4.69, 9.17) is 14.2 Å². The maximum atomic E-state index is 13.4. The molecule has 0 saturated carbocycles. The van der Waals surface area contributed by atoms with Gasteiger partial charge in [0.05, 0.1) is 26.5 Å². The maximum absolute atomic E-state index is 13.4. The Bertz CT molecular complexity index is 1340. The van der Waals surface area contributed by atoms with Crippen LogP contribution in [0.4, 0.5) is 11.6 Å². The number of nitrogens with zero attached hydrogens (tertiary/aromatic N) is 5. The molecule has 2 aromatic heterocycles. The maximum Gasteiger partial charge on any atom is 0.333 e. The van der Waals surface area contributed by atoms with Crippen molar-refractivity contribution < 1.29 is 19.0 Å². The van der Waals surface area contributed by atoms with Gasteiger partial charge < -0.3 is 23.7 Å². The molecule has 0 saturated heterocycles. The monoisotopic (exact) mass is 457 g/mol. The number of methoxy groups -OCH3 is 2. The third-order valence-corrected chi connectivity index (χ3v) is 5.71. The van der Waals surface area contributed by atoms with Crippen LogP contribution in [0.5, 0.6) is 11.5 Å². The Kier molecular flexibility index (Phi) is 5.88. The standard InChI is InChI=1S/C22H27N5O6/c1-6-33-17(28)12-27-20(29)18-19(24(3)22(27)30)23-21-25(10-13(2)11-26(18)21)15-8-7-14(31-4)9-16(15)32-5/h7-9,13H,6,10-12H2,1-5H3. The van der Waals surface area contributed by atoms with Gasteiger partial charge in [0.2, 0.25) is 5.95 Å². The molecule has 1 aliphatic heterocycles. The SMILES string of the molecule is CCOC(=O)Cn1c(=O)c2c(nc3n2CC(C)CN3c2ccc(OC)cc2OC)n(C)c1=O. The highest BCUT2D eigenvalue weighted by Gasteiger charge is 2.31. The third-order valence-electron chi connectivity index (χ3n) is 5.71. The van der Waals surface area contributed by atoms with Gasteiger partial charge in [0.1, 0.15) is 18.0 Å². The van der Waals surface area contributed by atoms with Gasteiger partial charge in [-0.05, 0) is 25.0 Å². The molecule has 3 heterocycles. The Labute approximate surface area is 189 Å². The number of carbonyl (C=O) groups excluding carboxylic acids is 1. The van der Waals surface area contributed by atoms with Gasteiger partial charge in [-0.25, -0.2) is 9.36 Å². The molecular formula is C22H27N5O6. The van der Waals surface area contributed by atoms with Gasteiger partial charge in [-0.15, -0.1) is 0 Å². The summed E-state index contributed by atoms with van der Waals surface area (Å²) in [5.41, 5.74) is 0.0821. The predicted octanol–water partition coefficient (Wildman–Crippen LogP) is 1.26. The van der Waals surface area contributed by atoms with Crippen molar-refractivity contribution in [3.63, 3.8) is 0 Å². The number of aryl methyl sites for hydroxylation is 1. The van der Waals surface area contributed by atoms with Crippen molar-refractivity contribution in [3.05, 3.63) is 39.0 Å². The van der Waals surface area contributed by atoms with E-state index < -0.39 is 23.8 Å². The zero-order valence-corrected chi connectivity index (χ0v) is 19.3. The predicted molar refractivity (Wildman–Crippen MR) is 122 cm³/mol. The Morgan fingerprint density at radius 2 is 1.94 bits per heavy atom. The quantitative estimate of drug-likeness (QED) is 0.509. The topological polar surface area (TPSA) is 110 Å². The summed E-state index contributed by atoms with van der Waals surface area (Å²) >= 11 is 0. The van der Waals surface area contributed by atoms with Gasteiger partial charge in [-0.2, -0.15) is 4.98 Å². The summed E-state index contributed by atoms with van der Waals surface area (Å²) in [7, 11) is 4.69. The number of anilines is 2. The second kappa shape index (κ2) is 8.64. The first-order valence-corrected chi connectivity index (χ1v) is 10.7. The fourth-order valence-corrected chi connectivity index (χ4v) is 4.19. The van der Waals surface area contributed by atoms with E-state index in [1.54, 1.807) is 31.8 Å². The van der Waals surface area contributed by atoms with Gasteiger partial charge in [-0.1, -0.05) is 6.92 Å². The Balaban J connectivity index is 1.94. The van der Waals surface area contributed by atoms with E-state index in [2.05, 4.69) is 11.9 Å². The van der Waals surface area contributed by atoms with Crippen molar-refractivity contribution in [1.82, 2.24) is 18.7 Å². The van der Waals surface area contributed by atoms with Crippen molar-refractivity contribution in [3.8, 4) is 11.5 Å². The average molecular weight is 457 g/mol. The molecule has 4 rings (SSSR count). The smallest absolute Gasteiger partial charge is 0.333 e. The van der Waals surface area contributed by atoms with Crippen LogP contribution in [0.3, 0.4) is 0 Å². The van der Waals surface area contributed by atoms with Crippen LogP contribution in [-0.2, 0) is 29.7 Å².